The first-order valence-corrected chi connectivity index (χ1v) is 15.6. The molecule has 1 aromatic heterocycles. The summed E-state index contributed by atoms with van der Waals surface area (Å²) < 4.78 is 25.2. The van der Waals surface area contributed by atoms with E-state index in [1.54, 1.807) is 12.1 Å². The Morgan fingerprint density at radius 1 is 0.947 bits per heavy atom. The fraction of sp³-hybridized carbons (Fsp3) is 0.467. The van der Waals surface area contributed by atoms with Crippen molar-refractivity contribution in [3.05, 3.63) is 60.2 Å². The summed E-state index contributed by atoms with van der Waals surface area (Å²) in [6, 6.07) is 17.2. The molecule has 1 amide bonds. The summed E-state index contributed by atoms with van der Waals surface area (Å²) >= 11 is 0. The maximum Gasteiger partial charge on any atom is 0.229 e. The van der Waals surface area contributed by atoms with Gasteiger partial charge in [-0.05, 0) is 110 Å². The third-order valence-electron chi connectivity index (χ3n) is 8.68. The normalized spacial score (nSPS) is 25.9. The Morgan fingerprint density at radius 3 is 2.29 bits per heavy atom. The minimum Gasteiger partial charge on any atom is -0.370 e. The van der Waals surface area contributed by atoms with Crippen molar-refractivity contribution in [3.8, 4) is 0 Å². The number of nitrogens with one attached hydrogen (secondary N) is 3. The molecular weight excluding hydrogens is 496 g/mol. The third kappa shape index (κ3) is 5.65. The van der Waals surface area contributed by atoms with Crippen molar-refractivity contribution < 1.29 is 13.2 Å². The average Bonchev–Trinajstić information content (AvgIpc) is 2.83. The van der Waals surface area contributed by atoms with E-state index in [-0.39, 0.29) is 11.3 Å². The first-order chi connectivity index (χ1) is 18.2. The summed E-state index contributed by atoms with van der Waals surface area (Å²) in [5.74, 6) is 3.46. The van der Waals surface area contributed by atoms with Gasteiger partial charge < -0.3 is 10.6 Å². The highest BCUT2D eigenvalue weighted by Crippen LogP contribution is 2.61. The zero-order valence-corrected chi connectivity index (χ0v) is 22.7. The average molecular weight is 533 g/mol. The molecule has 7 rings (SSSR count). The molecule has 8 heteroatoms. The molecule has 0 radical (unpaired) electrons. The molecule has 0 atom stereocenters. The number of hydrogen-bond donors (Lipinski definition) is 3. The highest BCUT2D eigenvalue weighted by atomic mass is 32.2. The van der Waals surface area contributed by atoms with Gasteiger partial charge >= 0.3 is 0 Å². The number of benzene rings is 2. The highest BCUT2D eigenvalue weighted by molar-refractivity contribution is 7.92. The highest BCUT2D eigenvalue weighted by Gasteiger charge is 2.51. The number of rotatable bonds is 9. The minimum atomic E-state index is -3.28. The van der Waals surface area contributed by atoms with Crippen LogP contribution in [0.1, 0.15) is 50.5 Å². The van der Waals surface area contributed by atoms with Crippen LogP contribution in [0.4, 0.5) is 17.2 Å². The van der Waals surface area contributed by atoms with E-state index in [1.807, 2.05) is 42.5 Å². The Bertz CT molecular complexity index is 1420. The lowest BCUT2D eigenvalue weighted by molar-refractivity contribution is -0.124. The van der Waals surface area contributed by atoms with E-state index >= 15 is 0 Å². The van der Waals surface area contributed by atoms with E-state index < -0.39 is 10.0 Å². The molecule has 4 aliphatic carbocycles. The van der Waals surface area contributed by atoms with Crippen LogP contribution in [0.15, 0.2) is 54.6 Å². The molecule has 2 aromatic carbocycles. The standard InChI is InChI=1S/C30H36N4O3S/c1-38(36,37)34-24-7-5-20(6-8-24)11-12-31-28-10-9-25-26(32-28)3-2-4-27(25)33-29(35)19-30-16-21-13-22(17-30)15-23(14-21)18-30/h2-10,21-23,34H,11-19H2,1H3,(H,31,32)(H,33,35). The second kappa shape index (κ2) is 9.88. The lowest BCUT2D eigenvalue weighted by atomic mass is 9.49. The second-order valence-electron chi connectivity index (χ2n) is 12.0. The molecule has 3 N–H and O–H groups in total. The number of sulfonamides is 1. The van der Waals surface area contributed by atoms with Gasteiger partial charge in [-0.1, -0.05) is 18.2 Å². The second-order valence-corrected chi connectivity index (χ2v) is 13.7. The van der Waals surface area contributed by atoms with E-state index in [9.17, 15) is 13.2 Å². The van der Waals surface area contributed by atoms with E-state index in [4.69, 9.17) is 4.98 Å². The smallest absolute Gasteiger partial charge is 0.229 e. The lowest BCUT2D eigenvalue weighted by Gasteiger charge is -2.56. The van der Waals surface area contributed by atoms with E-state index in [0.717, 1.165) is 58.4 Å². The van der Waals surface area contributed by atoms with Crippen LogP contribution < -0.4 is 15.4 Å². The zero-order valence-electron chi connectivity index (χ0n) is 21.9. The molecule has 4 fully saturated rings. The Balaban J connectivity index is 1.06. The van der Waals surface area contributed by atoms with Gasteiger partial charge in [0, 0.05) is 24.0 Å². The van der Waals surface area contributed by atoms with Gasteiger partial charge in [-0.3, -0.25) is 9.52 Å². The summed E-state index contributed by atoms with van der Waals surface area (Å²) in [6.45, 7) is 0.693. The van der Waals surface area contributed by atoms with E-state index in [0.29, 0.717) is 18.7 Å². The summed E-state index contributed by atoms with van der Waals surface area (Å²) in [6.07, 6.45) is 10.4. The van der Waals surface area contributed by atoms with Gasteiger partial charge in [-0.15, -0.1) is 0 Å². The van der Waals surface area contributed by atoms with Crippen LogP contribution in [0.25, 0.3) is 10.9 Å². The first-order valence-electron chi connectivity index (χ1n) is 13.7. The number of hydrogen-bond acceptors (Lipinski definition) is 5. The molecule has 0 aliphatic heterocycles. The molecule has 0 saturated heterocycles. The number of fused-ring (bicyclic) bond motifs is 1. The van der Waals surface area contributed by atoms with E-state index in [2.05, 4.69) is 15.4 Å². The van der Waals surface area contributed by atoms with E-state index in [1.165, 1.54) is 38.5 Å². The summed E-state index contributed by atoms with van der Waals surface area (Å²) in [7, 11) is -3.28. The van der Waals surface area contributed by atoms with Gasteiger partial charge in [-0.2, -0.15) is 0 Å². The number of carbonyl (C=O) groups excluding carboxylic acids is 1. The number of amides is 1. The van der Waals surface area contributed by atoms with Gasteiger partial charge in [0.2, 0.25) is 15.9 Å². The van der Waals surface area contributed by atoms with Gasteiger partial charge in [-0.25, -0.2) is 13.4 Å². The Labute approximate surface area is 224 Å². The maximum absolute atomic E-state index is 13.2. The number of anilines is 3. The molecule has 4 saturated carbocycles. The number of pyridine rings is 1. The van der Waals surface area contributed by atoms with Gasteiger partial charge in [0.15, 0.2) is 0 Å². The van der Waals surface area contributed by atoms with Crippen LogP contribution in [0, 0.1) is 23.2 Å². The Hall–Kier alpha value is -3.13. The predicted molar refractivity (Wildman–Crippen MR) is 153 cm³/mol. The van der Waals surface area contributed by atoms with Crippen molar-refractivity contribution >= 4 is 44.0 Å². The van der Waals surface area contributed by atoms with Crippen molar-refractivity contribution in [2.24, 2.45) is 23.2 Å². The number of carbonyl (C=O) groups is 1. The van der Waals surface area contributed by atoms with Gasteiger partial charge in [0.25, 0.3) is 0 Å². The molecule has 200 valence electrons. The van der Waals surface area contributed by atoms with Crippen molar-refractivity contribution in [3.63, 3.8) is 0 Å². The Kier molecular flexibility index (Phi) is 6.54. The fourth-order valence-electron chi connectivity index (χ4n) is 7.69. The topological polar surface area (TPSA) is 100 Å². The number of nitrogens with zero attached hydrogens (tertiary/aromatic N) is 1. The lowest BCUT2D eigenvalue weighted by Crippen LogP contribution is -2.47. The molecular formula is C30H36N4O3S. The molecule has 1 heterocycles. The monoisotopic (exact) mass is 532 g/mol. The molecule has 4 bridgehead atoms. The Morgan fingerprint density at radius 2 is 1.63 bits per heavy atom. The predicted octanol–water partition coefficient (Wildman–Crippen LogP) is 5.81. The van der Waals surface area contributed by atoms with Crippen molar-refractivity contribution in [1.29, 1.82) is 0 Å². The molecule has 0 spiro atoms. The van der Waals surface area contributed by atoms with Crippen molar-refractivity contribution in [2.75, 3.05) is 28.2 Å². The fourth-order valence-corrected chi connectivity index (χ4v) is 8.26. The molecule has 3 aromatic rings. The van der Waals surface area contributed by atoms with Crippen LogP contribution in [-0.2, 0) is 21.2 Å². The van der Waals surface area contributed by atoms with Gasteiger partial charge in [0.1, 0.15) is 5.82 Å². The summed E-state index contributed by atoms with van der Waals surface area (Å²) in [5.41, 5.74) is 3.56. The third-order valence-corrected chi connectivity index (χ3v) is 9.29. The van der Waals surface area contributed by atoms with Crippen LogP contribution in [0.5, 0.6) is 0 Å². The zero-order chi connectivity index (χ0) is 26.3. The summed E-state index contributed by atoms with van der Waals surface area (Å²) in [5, 5.41) is 7.54. The van der Waals surface area contributed by atoms with Gasteiger partial charge in [0.05, 0.1) is 17.5 Å². The molecule has 38 heavy (non-hydrogen) atoms. The van der Waals surface area contributed by atoms with Crippen LogP contribution in [0.2, 0.25) is 0 Å². The molecule has 0 unspecified atom stereocenters. The maximum atomic E-state index is 13.2. The summed E-state index contributed by atoms with van der Waals surface area (Å²) in [4.78, 5) is 18.0. The number of aromatic nitrogens is 1. The van der Waals surface area contributed by atoms with Crippen LogP contribution in [0.3, 0.4) is 0 Å². The van der Waals surface area contributed by atoms with Crippen LogP contribution >= 0.6 is 0 Å². The van der Waals surface area contributed by atoms with Crippen molar-refractivity contribution in [1.82, 2.24) is 4.98 Å². The SMILES string of the molecule is CS(=O)(=O)Nc1ccc(CCNc2ccc3c(NC(=O)CC45CC6CC(CC(C6)C4)C5)cccc3n2)cc1. The minimum absolute atomic E-state index is 0.138. The molecule has 4 aliphatic rings. The first kappa shape index (κ1) is 25.2. The van der Waals surface area contributed by atoms with Crippen LogP contribution in [-0.4, -0.2) is 32.1 Å². The van der Waals surface area contributed by atoms with Crippen molar-refractivity contribution in [2.45, 2.75) is 51.4 Å². The quantitative estimate of drug-likeness (QED) is 0.323. The largest absolute Gasteiger partial charge is 0.370 e. The molecule has 7 nitrogen and oxygen atoms in total.